The van der Waals surface area contributed by atoms with Crippen LogP contribution in [-0.2, 0) is 0 Å². The smallest absolute Gasteiger partial charge is 0.263 e. The molecule has 1 heterocycles. The van der Waals surface area contributed by atoms with E-state index in [1.165, 1.54) is 30.6 Å². The fourth-order valence-electron chi connectivity index (χ4n) is 2.49. The van der Waals surface area contributed by atoms with Crippen molar-refractivity contribution in [1.82, 2.24) is 5.32 Å². The predicted octanol–water partition coefficient (Wildman–Crippen LogP) is 3.79. The lowest BCUT2D eigenvalue weighted by molar-refractivity contribution is 0.0958. The summed E-state index contributed by atoms with van der Waals surface area (Å²) < 4.78 is 0. The summed E-state index contributed by atoms with van der Waals surface area (Å²) in [6.45, 7) is 5.99. The molecule has 0 unspecified atom stereocenters. The molecule has 1 aromatic rings. The highest BCUT2D eigenvalue weighted by Gasteiger charge is 2.32. The molecule has 0 radical (unpaired) electrons. The van der Waals surface area contributed by atoms with E-state index in [-0.39, 0.29) is 5.91 Å². The van der Waals surface area contributed by atoms with Gasteiger partial charge in [0.25, 0.3) is 5.91 Å². The van der Waals surface area contributed by atoms with E-state index in [2.05, 4.69) is 17.6 Å². The van der Waals surface area contributed by atoms with E-state index < -0.39 is 0 Å². The normalized spacial score (nSPS) is 16.3. The van der Waals surface area contributed by atoms with Crippen LogP contribution in [0, 0.1) is 5.41 Å². The van der Waals surface area contributed by atoms with Gasteiger partial charge < -0.3 is 16.4 Å². The molecule has 0 saturated heterocycles. The first kappa shape index (κ1) is 16.5. The van der Waals surface area contributed by atoms with Gasteiger partial charge in [-0.15, -0.1) is 23.1 Å². The highest BCUT2D eigenvalue weighted by molar-refractivity contribution is 7.99. The minimum Gasteiger partial charge on any atom is -0.396 e. The molecule has 1 aromatic heterocycles. The molecule has 1 aliphatic rings. The van der Waals surface area contributed by atoms with Crippen LogP contribution in [0.3, 0.4) is 0 Å². The van der Waals surface area contributed by atoms with Gasteiger partial charge in [0.05, 0.1) is 10.6 Å². The highest BCUT2D eigenvalue weighted by atomic mass is 32.2. The lowest BCUT2D eigenvalue weighted by atomic mass is 9.70. The summed E-state index contributed by atoms with van der Waals surface area (Å²) in [6, 6.07) is 0. The maximum absolute atomic E-state index is 12.2. The molecule has 1 aliphatic carbocycles. The first-order chi connectivity index (χ1) is 10.0. The zero-order valence-electron chi connectivity index (χ0n) is 13.0. The molecule has 1 amide bonds. The number of rotatable bonds is 7. The topological polar surface area (TPSA) is 67.2 Å². The monoisotopic (exact) mass is 327 g/mol. The van der Waals surface area contributed by atoms with Gasteiger partial charge in [0.1, 0.15) is 9.88 Å². The summed E-state index contributed by atoms with van der Waals surface area (Å²) in [7, 11) is 0. The van der Waals surface area contributed by atoms with Crippen molar-refractivity contribution in [3.8, 4) is 0 Å². The van der Waals surface area contributed by atoms with Crippen LogP contribution in [0.4, 0.5) is 10.7 Å². The second-order valence-corrected chi connectivity index (χ2v) is 7.82. The van der Waals surface area contributed by atoms with Gasteiger partial charge in [-0.25, -0.2) is 0 Å². The zero-order chi connectivity index (χ0) is 15.5. The van der Waals surface area contributed by atoms with Crippen molar-refractivity contribution in [2.75, 3.05) is 30.4 Å². The molecule has 118 valence electrons. The van der Waals surface area contributed by atoms with Crippen molar-refractivity contribution in [1.29, 1.82) is 0 Å². The van der Waals surface area contributed by atoms with Crippen LogP contribution in [0.2, 0.25) is 0 Å². The van der Waals surface area contributed by atoms with Crippen LogP contribution in [0.1, 0.15) is 49.2 Å². The Hall–Kier alpha value is -0.880. The number of carbonyl (C=O) groups excluding carboxylic acids is 1. The number of carbonyl (C=O) groups is 1. The number of thioether (sulfide) groups is 1. The third kappa shape index (κ3) is 3.66. The van der Waals surface area contributed by atoms with Gasteiger partial charge in [-0.05, 0) is 30.9 Å². The summed E-state index contributed by atoms with van der Waals surface area (Å²) >= 11 is 3.08. The molecule has 21 heavy (non-hydrogen) atoms. The van der Waals surface area contributed by atoms with E-state index in [1.807, 2.05) is 13.2 Å². The van der Waals surface area contributed by atoms with Gasteiger partial charge >= 0.3 is 0 Å². The van der Waals surface area contributed by atoms with Gasteiger partial charge in [-0.3, -0.25) is 4.79 Å². The average molecular weight is 328 g/mol. The minimum absolute atomic E-state index is 0.0578. The van der Waals surface area contributed by atoms with Crippen LogP contribution in [0.15, 0.2) is 4.90 Å². The fraction of sp³-hybridized carbons (Fsp3) is 0.667. The standard InChI is InChI=1S/C15H25N3OS2/c1-4-8-17-13(19)11-10(16)12(20-3)14(21-11)18-9-15(2)6-5-7-15/h18H,4-9,16H2,1-3H3,(H,17,19). The van der Waals surface area contributed by atoms with Crippen LogP contribution in [0.5, 0.6) is 0 Å². The lowest BCUT2D eigenvalue weighted by Crippen LogP contribution is -2.33. The van der Waals surface area contributed by atoms with Gasteiger partial charge in [0, 0.05) is 13.1 Å². The molecule has 0 spiro atoms. The Labute approximate surface area is 135 Å². The molecule has 1 saturated carbocycles. The second kappa shape index (κ2) is 6.92. The summed E-state index contributed by atoms with van der Waals surface area (Å²) in [5.41, 5.74) is 7.18. The van der Waals surface area contributed by atoms with Gasteiger partial charge in [-0.2, -0.15) is 0 Å². The Balaban J connectivity index is 2.11. The fourth-order valence-corrected chi connectivity index (χ4v) is 4.43. The Kier molecular flexibility index (Phi) is 5.43. The first-order valence-corrected chi connectivity index (χ1v) is 9.53. The number of nitrogens with one attached hydrogen (secondary N) is 2. The predicted molar refractivity (Wildman–Crippen MR) is 93.6 cm³/mol. The van der Waals surface area contributed by atoms with Crippen molar-refractivity contribution >= 4 is 39.7 Å². The van der Waals surface area contributed by atoms with E-state index in [0.717, 1.165) is 22.9 Å². The van der Waals surface area contributed by atoms with E-state index in [9.17, 15) is 4.79 Å². The molecular weight excluding hydrogens is 302 g/mol. The molecule has 0 bridgehead atoms. The molecule has 4 nitrogen and oxygen atoms in total. The Morgan fingerprint density at radius 3 is 2.71 bits per heavy atom. The van der Waals surface area contributed by atoms with Gasteiger partial charge in [0.15, 0.2) is 0 Å². The number of thiophene rings is 1. The van der Waals surface area contributed by atoms with Gasteiger partial charge in [-0.1, -0.05) is 20.3 Å². The number of nitrogens with two attached hydrogens (primary N) is 1. The number of hydrogen-bond acceptors (Lipinski definition) is 5. The summed E-state index contributed by atoms with van der Waals surface area (Å²) in [4.78, 5) is 13.8. The Bertz CT molecular complexity index is 509. The van der Waals surface area contributed by atoms with Crippen molar-refractivity contribution in [3.63, 3.8) is 0 Å². The minimum atomic E-state index is -0.0578. The molecular formula is C15H25N3OS2. The van der Waals surface area contributed by atoms with Crippen molar-refractivity contribution in [3.05, 3.63) is 4.88 Å². The van der Waals surface area contributed by atoms with Crippen molar-refractivity contribution in [2.24, 2.45) is 5.41 Å². The molecule has 0 atom stereocenters. The summed E-state index contributed by atoms with van der Waals surface area (Å²) in [6.07, 6.45) is 6.81. The summed E-state index contributed by atoms with van der Waals surface area (Å²) in [5, 5.41) is 7.46. The Morgan fingerprint density at radius 2 is 2.19 bits per heavy atom. The van der Waals surface area contributed by atoms with Crippen LogP contribution >= 0.6 is 23.1 Å². The zero-order valence-corrected chi connectivity index (χ0v) is 14.7. The first-order valence-electron chi connectivity index (χ1n) is 7.49. The number of nitrogen functional groups attached to an aromatic ring is 1. The van der Waals surface area contributed by atoms with Crippen molar-refractivity contribution < 1.29 is 4.79 Å². The van der Waals surface area contributed by atoms with E-state index in [1.54, 1.807) is 11.8 Å². The molecule has 4 N–H and O–H groups in total. The summed E-state index contributed by atoms with van der Waals surface area (Å²) in [5.74, 6) is -0.0578. The van der Waals surface area contributed by atoms with E-state index in [0.29, 0.717) is 22.5 Å². The average Bonchev–Trinajstić information content (AvgIpc) is 2.76. The quantitative estimate of drug-likeness (QED) is 0.667. The number of anilines is 2. The van der Waals surface area contributed by atoms with Gasteiger partial charge in [0.2, 0.25) is 0 Å². The molecule has 0 aromatic carbocycles. The third-order valence-corrected chi connectivity index (χ3v) is 6.21. The maximum atomic E-state index is 12.2. The maximum Gasteiger partial charge on any atom is 0.263 e. The largest absolute Gasteiger partial charge is 0.396 e. The lowest BCUT2D eigenvalue weighted by Gasteiger charge is -2.38. The Morgan fingerprint density at radius 1 is 1.48 bits per heavy atom. The molecule has 2 rings (SSSR count). The van der Waals surface area contributed by atoms with E-state index in [4.69, 9.17) is 5.73 Å². The third-order valence-electron chi connectivity index (χ3n) is 4.08. The van der Waals surface area contributed by atoms with Crippen LogP contribution < -0.4 is 16.4 Å². The number of amides is 1. The molecule has 6 heteroatoms. The molecule has 1 fully saturated rings. The van der Waals surface area contributed by atoms with Crippen molar-refractivity contribution in [2.45, 2.75) is 44.4 Å². The van der Waals surface area contributed by atoms with E-state index >= 15 is 0 Å². The number of hydrogen-bond donors (Lipinski definition) is 3. The SMILES string of the molecule is CCCNC(=O)c1sc(NCC2(C)CCC2)c(SC)c1N. The van der Waals surface area contributed by atoms with Crippen LogP contribution in [0.25, 0.3) is 0 Å². The highest BCUT2D eigenvalue weighted by Crippen LogP contribution is 2.44. The van der Waals surface area contributed by atoms with Crippen LogP contribution in [-0.4, -0.2) is 25.3 Å². The molecule has 0 aliphatic heterocycles. The second-order valence-electron chi connectivity index (χ2n) is 5.98.